The molecule has 0 aromatic rings. The van der Waals surface area contributed by atoms with Crippen LogP contribution in [-0.4, -0.2) is 12.5 Å². The van der Waals surface area contributed by atoms with Gasteiger partial charge in [0.15, 0.2) is 0 Å². The highest BCUT2D eigenvalue weighted by Crippen LogP contribution is 2.04. The van der Waals surface area contributed by atoms with Gasteiger partial charge < -0.3 is 5.32 Å². The molecule has 0 saturated heterocycles. The minimum atomic E-state index is 0.275. The number of hydrogen-bond acceptors (Lipinski definition) is 1. The van der Waals surface area contributed by atoms with Gasteiger partial charge in [-0.3, -0.25) is 4.79 Å². The van der Waals surface area contributed by atoms with Crippen LogP contribution < -0.4 is 5.32 Å². The Labute approximate surface area is 42.2 Å². The van der Waals surface area contributed by atoms with Crippen molar-refractivity contribution in [3.63, 3.8) is 0 Å². The highest BCUT2D eigenvalue weighted by atomic mass is 16.1. The first-order valence-corrected chi connectivity index (χ1v) is 2.23. The average molecular weight is 96.1 g/mol. The lowest BCUT2D eigenvalue weighted by molar-refractivity contribution is 0.528. The van der Waals surface area contributed by atoms with E-state index in [9.17, 15) is 4.79 Å². The van der Waals surface area contributed by atoms with Crippen LogP contribution in [0, 0.1) is 0 Å². The number of carbonyl (C=O) groups excluding carboxylic acids is 1. The second-order valence-corrected chi connectivity index (χ2v) is 1.52. The van der Waals surface area contributed by atoms with E-state index < -0.39 is 0 Å². The molecule has 7 heavy (non-hydrogen) atoms. The Kier molecular flexibility index (Phi) is 1.11. The van der Waals surface area contributed by atoms with Crippen molar-refractivity contribution in [2.45, 2.75) is 12.5 Å². The lowest BCUT2D eigenvalue weighted by Crippen LogP contribution is -2.28. The second-order valence-electron chi connectivity index (χ2n) is 1.52. The molecule has 1 aliphatic rings. The van der Waals surface area contributed by atoms with E-state index in [-0.39, 0.29) is 6.04 Å². The van der Waals surface area contributed by atoms with Crippen molar-refractivity contribution in [1.29, 1.82) is 0 Å². The van der Waals surface area contributed by atoms with Crippen LogP contribution in [0.3, 0.4) is 0 Å². The third-order valence-corrected chi connectivity index (χ3v) is 1.00. The van der Waals surface area contributed by atoms with Gasteiger partial charge in [0.2, 0.25) is 0 Å². The Morgan fingerprint density at radius 1 is 1.86 bits per heavy atom. The van der Waals surface area contributed by atoms with Crippen LogP contribution in [-0.2, 0) is 4.79 Å². The van der Waals surface area contributed by atoms with Crippen molar-refractivity contribution in [3.8, 4) is 0 Å². The molecule has 1 amide bonds. The van der Waals surface area contributed by atoms with E-state index in [0.717, 1.165) is 6.42 Å². The van der Waals surface area contributed by atoms with Crippen molar-refractivity contribution in [2.24, 2.45) is 0 Å². The maximum Gasteiger partial charge on any atom is 0.309 e. The fraction of sp³-hybridized carbons (Fsp3) is 0.400. The van der Waals surface area contributed by atoms with E-state index in [4.69, 9.17) is 0 Å². The summed E-state index contributed by atoms with van der Waals surface area (Å²) >= 11 is 0. The summed E-state index contributed by atoms with van der Waals surface area (Å²) in [5.41, 5.74) is 0. The molecule has 0 aromatic heterocycles. The molecule has 0 saturated carbocycles. The molecule has 1 N–H and O–H groups in total. The highest BCUT2D eigenvalue weighted by Gasteiger charge is 2.06. The lowest BCUT2D eigenvalue weighted by Gasteiger charge is -2.14. The molecule has 2 nitrogen and oxygen atoms in total. The minimum absolute atomic E-state index is 0.275. The van der Waals surface area contributed by atoms with E-state index in [1.807, 2.05) is 12.2 Å². The summed E-state index contributed by atoms with van der Waals surface area (Å²) in [5.74, 6) is 0. The van der Waals surface area contributed by atoms with Gasteiger partial charge in [0, 0.05) is 0 Å². The molecule has 0 aromatic carbocycles. The van der Waals surface area contributed by atoms with Crippen LogP contribution in [0.15, 0.2) is 12.2 Å². The topological polar surface area (TPSA) is 29.1 Å². The molecular weight excluding hydrogens is 90.1 g/mol. The van der Waals surface area contributed by atoms with Gasteiger partial charge in [-0.15, -0.1) is 0 Å². The fourth-order valence-electron chi connectivity index (χ4n) is 0.455. The van der Waals surface area contributed by atoms with Gasteiger partial charge in [-0.25, -0.2) is 0 Å². The lowest BCUT2D eigenvalue weighted by atomic mass is 10.1. The summed E-state index contributed by atoms with van der Waals surface area (Å²) < 4.78 is 0. The van der Waals surface area contributed by atoms with Crippen molar-refractivity contribution in [2.75, 3.05) is 0 Å². The van der Waals surface area contributed by atoms with Crippen LogP contribution in [0.25, 0.3) is 0 Å². The molecule has 0 spiro atoms. The molecule has 1 aliphatic carbocycles. The maximum absolute atomic E-state index is 9.54. The van der Waals surface area contributed by atoms with Gasteiger partial charge in [-0.2, -0.15) is 0 Å². The van der Waals surface area contributed by atoms with Crippen molar-refractivity contribution >= 4 is 6.41 Å². The Balaban J connectivity index is 2.17. The van der Waals surface area contributed by atoms with Crippen LogP contribution in [0.2, 0.25) is 0 Å². The number of hydrogen-bond donors (Lipinski definition) is 1. The van der Waals surface area contributed by atoms with Crippen LogP contribution in [0.1, 0.15) is 6.42 Å². The van der Waals surface area contributed by atoms with Crippen molar-refractivity contribution in [1.82, 2.24) is 5.32 Å². The average Bonchev–Trinajstić information content (AvgIpc) is 1.55. The smallest absolute Gasteiger partial charge is 0.309 e. The summed E-state index contributed by atoms with van der Waals surface area (Å²) in [6.07, 6.45) is 6.53. The first kappa shape index (κ1) is 4.37. The quantitative estimate of drug-likeness (QED) is 0.379. The Hall–Kier alpha value is -0.790. The number of nitrogens with one attached hydrogen (secondary N) is 1. The van der Waals surface area contributed by atoms with E-state index in [1.54, 1.807) is 6.41 Å². The Bertz CT molecular complexity index is 98.3. The Morgan fingerprint density at radius 2 is 2.57 bits per heavy atom. The molecule has 1 atom stereocenters. The summed E-state index contributed by atoms with van der Waals surface area (Å²) in [6, 6.07) is 0.275. The molecule has 0 fully saturated rings. The van der Waals surface area contributed by atoms with Gasteiger partial charge in [0.1, 0.15) is 0 Å². The van der Waals surface area contributed by atoms with Crippen molar-refractivity contribution < 1.29 is 4.79 Å². The van der Waals surface area contributed by atoms with E-state index in [0.29, 0.717) is 0 Å². The number of amides is 1. The first-order chi connectivity index (χ1) is 3.43. The number of rotatable bonds is 2. The minimum Gasteiger partial charge on any atom is -0.341 e. The molecule has 0 bridgehead atoms. The molecule has 37 valence electrons. The molecular formula is C5H6NO. The van der Waals surface area contributed by atoms with Gasteiger partial charge in [-0.05, 0) is 6.42 Å². The van der Waals surface area contributed by atoms with E-state index >= 15 is 0 Å². The predicted octanol–water partition coefficient (Wildman–Crippen LogP) is -0.0283. The van der Waals surface area contributed by atoms with E-state index in [2.05, 4.69) is 5.32 Å². The highest BCUT2D eigenvalue weighted by molar-refractivity contribution is 5.49. The largest absolute Gasteiger partial charge is 0.341 e. The third kappa shape index (κ3) is 0.796. The van der Waals surface area contributed by atoms with Crippen molar-refractivity contribution in [3.05, 3.63) is 12.2 Å². The zero-order valence-electron chi connectivity index (χ0n) is 3.85. The predicted molar refractivity (Wildman–Crippen MR) is 26.4 cm³/mol. The van der Waals surface area contributed by atoms with Gasteiger partial charge in [-0.1, -0.05) is 12.2 Å². The second kappa shape index (κ2) is 1.78. The van der Waals surface area contributed by atoms with Gasteiger partial charge in [0.05, 0.1) is 6.04 Å². The standard InChI is InChI=1S/C5H6NO/c7-4-6-5-2-1-3-5/h1-2,5H,3H2,(H,6,7). The first-order valence-electron chi connectivity index (χ1n) is 2.23. The zero-order chi connectivity index (χ0) is 5.11. The maximum atomic E-state index is 9.54. The molecule has 1 radical (unpaired) electrons. The van der Waals surface area contributed by atoms with Crippen LogP contribution in [0.4, 0.5) is 0 Å². The van der Waals surface area contributed by atoms with Crippen LogP contribution in [0.5, 0.6) is 0 Å². The summed E-state index contributed by atoms with van der Waals surface area (Å²) in [6.45, 7) is 0. The molecule has 1 unspecified atom stereocenters. The molecule has 2 heteroatoms. The fourth-order valence-corrected chi connectivity index (χ4v) is 0.455. The van der Waals surface area contributed by atoms with Gasteiger partial charge in [0.25, 0.3) is 0 Å². The normalized spacial score (nSPS) is 26.0. The van der Waals surface area contributed by atoms with E-state index in [1.165, 1.54) is 0 Å². The summed E-state index contributed by atoms with van der Waals surface area (Å²) in [5, 5.41) is 2.49. The molecule has 0 heterocycles. The Morgan fingerprint density at radius 3 is 2.71 bits per heavy atom. The SMILES string of the molecule is O=[C]NC1C=CC1. The van der Waals surface area contributed by atoms with Gasteiger partial charge >= 0.3 is 6.41 Å². The zero-order valence-corrected chi connectivity index (χ0v) is 3.85. The summed E-state index contributed by atoms with van der Waals surface area (Å²) in [7, 11) is 0. The third-order valence-electron chi connectivity index (χ3n) is 1.00. The molecule has 1 rings (SSSR count). The van der Waals surface area contributed by atoms with Crippen LogP contribution >= 0.6 is 0 Å². The summed E-state index contributed by atoms with van der Waals surface area (Å²) in [4.78, 5) is 9.54. The molecule has 0 aliphatic heterocycles. The monoisotopic (exact) mass is 96.0 g/mol.